The number of hydrogen-bond acceptors (Lipinski definition) is 1. The van der Waals surface area contributed by atoms with Gasteiger partial charge in [0.2, 0.25) is 0 Å². The molecule has 0 spiro atoms. The second-order valence-corrected chi connectivity index (χ2v) is 3.95. The van der Waals surface area contributed by atoms with Crippen LogP contribution < -0.4 is 5.32 Å². The van der Waals surface area contributed by atoms with Crippen molar-refractivity contribution in [2.24, 2.45) is 0 Å². The lowest BCUT2D eigenvalue weighted by molar-refractivity contribution is 1.01. The van der Waals surface area contributed by atoms with Crippen molar-refractivity contribution in [1.29, 1.82) is 0 Å². The Hall–Kier alpha value is -1.24. The molecule has 0 unspecified atom stereocenters. The maximum atomic E-state index is 3.29. The van der Waals surface area contributed by atoms with Crippen molar-refractivity contribution in [1.82, 2.24) is 5.32 Å². The van der Waals surface area contributed by atoms with Crippen LogP contribution in [0.1, 0.15) is 47.5 Å². The number of allylic oxidation sites excluding steroid dienone is 7. The Bertz CT molecular complexity index is 303. The molecule has 1 N–H and O–H groups in total. The summed E-state index contributed by atoms with van der Waals surface area (Å²) in [7, 11) is 0. The van der Waals surface area contributed by atoms with Gasteiger partial charge in [-0.2, -0.15) is 0 Å². The number of rotatable bonds is 6. The Labute approximate surface area is 101 Å². The Morgan fingerprint density at radius 3 is 2.25 bits per heavy atom. The Kier molecular flexibility index (Phi) is 8.32. The zero-order valence-corrected chi connectivity index (χ0v) is 11.3. The minimum absolute atomic E-state index is 1.07. The van der Waals surface area contributed by atoms with Gasteiger partial charge >= 0.3 is 0 Å². The van der Waals surface area contributed by atoms with Gasteiger partial charge in [-0.05, 0) is 44.8 Å². The molecule has 0 aromatic carbocycles. The molecule has 0 aromatic heterocycles. The van der Waals surface area contributed by atoms with Gasteiger partial charge in [-0.25, -0.2) is 0 Å². The molecule has 0 fully saturated rings. The summed E-state index contributed by atoms with van der Waals surface area (Å²) in [6.07, 6.45) is 12.8. The first-order valence-corrected chi connectivity index (χ1v) is 6.05. The molecule has 0 amide bonds. The van der Waals surface area contributed by atoms with Crippen LogP contribution in [0.2, 0.25) is 0 Å². The van der Waals surface area contributed by atoms with Gasteiger partial charge in [0.1, 0.15) is 0 Å². The molecule has 0 radical (unpaired) electrons. The molecule has 0 aliphatic carbocycles. The second kappa shape index (κ2) is 9.02. The van der Waals surface area contributed by atoms with Crippen LogP contribution in [0.15, 0.2) is 47.3 Å². The van der Waals surface area contributed by atoms with Crippen molar-refractivity contribution in [2.45, 2.75) is 47.5 Å². The Morgan fingerprint density at radius 2 is 1.69 bits per heavy atom. The van der Waals surface area contributed by atoms with Crippen LogP contribution in [0.3, 0.4) is 0 Å². The largest absolute Gasteiger partial charge is 0.365 e. The van der Waals surface area contributed by atoms with Crippen LogP contribution in [-0.2, 0) is 0 Å². The second-order valence-electron chi connectivity index (χ2n) is 3.95. The van der Waals surface area contributed by atoms with E-state index in [4.69, 9.17) is 0 Å². The molecular formula is C15H25N. The van der Waals surface area contributed by atoms with E-state index < -0.39 is 0 Å². The topological polar surface area (TPSA) is 12.0 Å². The Morgan fingerprint density at radius 1 is 1.00 bits per heavy atom. The lowest BCUT2D eigenvalue weighted by Crippen LogP contribution is -2.02. The molecule has 0 aliphatic heterocycles. The molecule has 0 heterocycles. The van der Waals surface area contributed by atoms with E-state index in [9.17, 15) is 0 Å². The fourth-order valence-corrected chi connectivity index (χ4v) is 1.18. The standard InChI is InChI=1S/C15H25N/c1-6-8-9-11-13(3)14(4)12-16-15(5)10-7-2/h8-12,16H,6-7H2,1-5H3/b9-8-,13-11+,14-12+,15-10-. The van der Waals surface area contributed by atoms with Crippen molar-refractivity contribution in [3.8, 4) is 0 Å². The fourth-order valence-electron chi connectivity index (χ4n) is 1.18. The van der Waals surface area contributed by atoms with E-state index in [1.165, 1.54) is 16.8 Å². The van der Waals surface area contributed by atoms with Gasteiger partial charge in [0.05, 0.1) is 0 Å². The monoisotopic (exact) mass is 219 g/mol. The molecule has 1 nitrogen and oxygen atoms in total. The van der Waals surface area contributed by atoms with Crippen molar-refractivity contribution in [3.63, 3.8) is 0 Å². The van der Waals surface area contributed by atoms with E-state index in [1.807, 2.05) is 0 Å². The smallest absolute Gasteiger partial charge is 0.00742 e. The molecule has 16 heavy (non-hydrogen) atoms. The predicted molar refractivity (Wildman–Crippen MR) is 74.1 cm³/mol. The first kappa shape index (κ1) is 14.8. The molecule has 0 atom stereocenters. The summed E-state index contributed by atoms with van der Waals surface area (Å²) >= 11 is 0. The van der Waals surface area contributed by atoms with Crippen molar-refractivity contribution in [3.05, 3.63) is 47.3 Å². The van der Waals surface area contributed by atoms with Crippen LogP contribution in [0, 0.1) is 0 Å². The minimum atomic E-state index is 1.07. The molecule has 0 bridgehead atoms. The fraction of sp³-hybridized carbons (Fsp3) is 0.467. The first-order chi connectivity index (χ1) is 7.61. The highest BCUT2D eigenvalue weighted by Gasteiger charge is 1.91. The van der Waals surface area contributed by atoms with Crippen LogP contribution >= 0.6 is 0 Å². The molecule has 0 rings (SSSR count). The van der Waals surface area contributed by atoms with Crippen LogP contribution in [0.25, 0.3) is 0 Å². The van der Waals surface area contributed by atoms with E-state index in [0.717, 1.165) is 12.8 Å². The predicted octanol–water partition coefficient (Wildman–Crippen LogP) is 4.71. The average molecular weight is 219 g/mol. The normalized spacial score (nSPS) is 14.7. The van der Waals surface area contributed by atoms with Crippen molar-refractivity contribution >= 4 is 0 Å². The van der Waals surface area contributed by atoms with E-state index in [2.05, 4.69) is 70.4 Å². The zero-order chi connectivity index (χ0) is 12.4. The van der Waals surface area contributed by atoms with Gasteiger partial charge in [0.15, 0.2) is 0 Å². The maximum absolute atomic E-state index is 3.29. The molecule has 0 saturated carbocycles. The van der Waals surface area contributed by atoms with E-state index in [0.29, 0.717) is 0 Å². The SMILES string of the molecule is CC\C=C/C=C(C)/C(C)=C/N/C(C)=C\CC. The lowest BCUT2D eigenvalue weighted by atomic mass is 10.1. The lowest BCUT2D eigenvalue weighted by Gasteiger charge is -2.04. The summed E-state index contributed by atoms with van der Waals surface area (Å²) in [5, 5.41) is 3.29. The highest BCUT2D eigenvalue weighted by atomic mass is 14.8. The number of nitrogens with one attached hydrogen (secondary N) is 1. The van der Waals surface area contributed by atoms with Crippen LogP contribution in [0.5, 0.6) is 0 Å². The first-order valence-electron chi connectivity index (χ1n) is 6.05. The zero-order valence-electron chi connectivity index (χ0n) is 11.3. The average Bonchev–Trinajstić information content (AvgIpc) is 2.26. The van der Waals surface area contributed by atoms with Crippen LogP contribution in [-0.4, -0.2) is 0 Å². The quantitative estimate of drug-likeness (QED) is 0.638. The summed E-state index contributed by atoms with van der Waals surface area (Å²) in [4.78, 5) is 0. The van der Waals surface area contributed by atoms with E-state index >= 15 is 0 Å². The maximum Gasteiger partial charge on any atom is 0.00742 e. The van der Waals surface area contributed by atoms with Crippen LogP contribution in [0.4, 0.5) is 0 Å². The highest BCUT2D eigenvalue weighted by Crippen LogP contribution is 2.07. The van der Waals surface area contributed by atoms with Gasteiger partial charge in [-0.15, -0.1) is 0 Å². The highest BCUT2D eigenvalue weighted by molar-refractivity contribution is 5.30. The van der Waals surface area contributed by atoms with Gasteiger partial charge in [0, 0.05) is 11.9 Å². The summed E-state index contributed by atoms with van der Waals surface area (Å²) in [5.41, 5.74) is 3.77. The summed E-state index contributed by atoms with van der Waals surface area (Å²) in [5.74, 6) is 0. The van der Waals surface area contributed by atoms with Gasteiger partial charge < -0.3 is 5.32 Å². The van der Waals surface area contributed by atoms with Gasteiger partial charge in [0.25, 0.3) is 0 Å². The molecule has 0 aliphatic rings. The molecular weight excluding hydrogens is 194 g/mol. The van der Waals surface area contributed by atoms with Crippen molar-refractivity contribution < 1.29 is 0 Å². The molecule has 0 aromatic rings. The summed E-state index contributed by atoms with van der Waals surface area (Å²) in [6.45, 7) is 10.6. The summed E-state index contributed by atoms with van der Waals surface area (Å²) in [6, 6.07) is 0. The van der Waals surface area contributed by atoms with E-state index in [1.54, 1.807) is 0 Å². The number of hydrogen-bond donors (Lipinski definition) is 1. The minimum Gasteiger partial charge on any atom is -0.365 e. The summed E-state index contributed by atoms with van der Waals surface area (Å²) < 4.78 is 0. The van der Waals surface area contributed by atoms with E-state index in [-0.39, 0.29) is 0 Å². The third-order valence-electron chi connectivity index (χ3n) is 2.37. The molecule has 90 valence electrons. The molecule has 0 saturated heterocycles. The van der Waals surface area contributed by atoms with Gasteiger partial charge in [-0.3, -0.25) is 0 Å². The molecule has 1 heteroatoms. The Balaban J connectivity index is 4.37. The van der Waals surface area contributed by atoms with Crippen molar-refractivity contribution in [2.75, 3.05) is 0 Å². The third-order valence-corrected chi connectivity index (χ3v) is 2.37. The van der Waals surface area contributed by atoms with Gasteiger partial charge in [-0.1, -0.05) is 38.2 Å². The third kappa shape index (κ3) is 7.10.